The molecule has 132 valence electrons. The highest BCUT2D eigenvalue weighted by Crippen LogP contribution is 2.50. The molecule has 0 radical (unpaired) electrons. The van der Waals surface area contributed by atoms with E-state index in [1.807, 2.05) is 18.2 Å². The second-order valence-corrected chi connectivity index (χ2v) is 6.86. The van der Waals surface area contributed by atoms with Gasteiger partial charge < -0.3 is 14.1 Å². The van der Waals surface area contributed by atoms with Crippen molar-refractivity contribution in [1.29, 1.82) is 0 Å². The molecule has 1 aromatic heterocycles. The van der Waals surface area contributed by atoms with Gasteiger partial charge in [0.05, 0.1) is 19.1 Å². The van der Waals surface area contributed by atoms with Gasteiger partial charge in [-0.25, -0.2) is 4.79 Å². The quantitative estimate of drug-likeness (QED) is 0.761. The van der Waals surface area contributed by atoms with Crippen molar-refractivity contribution in [2.75, 3.05) is 14.2 Å². The molecule has 1 aliphatic carbocycles. The van der Waals surface area contributed by atoms with Gasteiger partial charge in [0.2, 0.25) is 5.91 Å². The molecule has 2 aromatic rings. The van der Waals surface area contributed by atoms with E-state index in [0.717, 1.165) is 18.4 Å². The molecule has 1 fully saturated rings. The predicted molar refractivity (Wildman–Crippen MR) is 93.6 cm³/mol. The minimum absolute atomic E-state index is 0.0310. The number of aryl methyl sites for hydroxylation is 1. The first kappa shape index (κ1) is 17.5. The highest BCUT2D eigenvalue weighted by Gasteiger charge is 2.52. The van der Waals surface area contributed by atoms with Gasteiger partial charge in [-0.1, -0.05) is 23.7 Å². The number of carbonyl (C=O) groups is 2. The van der Waals surface area contributed by atoms with Gasteiger partial charge in [-0.2, -0.15) is 0 Å². The Morgan fingerprint density at radius 1 is 1.32 bits per heavy atom. The van der Waals surface area contributed by atoms with Gasteiger partial charge in [-0.05, 0) is 43.5 Å². The van der Waals surface area contributed by atoms with E-state index < -0.39 is 11.4 Å². The van der Waals surface area contributed by atoms with Crippen LogP contribution in [0.1, 0.15) is 40.3 Å². The maximum absolute atomic E-state index is 13.0. The average Bonchev–Trinajstić information content (AvgIpc) is 3.32. The SMILES string of the molecule is COC(=O)c1cc(CN(C)C(=O)C2(c3cccc(Cl)c3)CC2)oc1C. The van der Waals surface area contributed by atoms with Crippen molar-refractivity contribution in [3.05, 3.63) is 58.0 Å². The minimum Gasteiger partial charge on any atom is -0.465 e. The summed E-state index contributed by atoms with van der Waals surface area (Å²) >= 11 is 6.07. The summed E-state index contributed by atoms with van der Waals surface area (Å²) < 4.78 is 10.3. The number of hydrogen-bond acceptors (Lipinski definition) is 4. The Morgan fingerprint density at radius 2 is 2.04 bits per heavy atom. The number of carbonyl (C=O) groups excluding carboxylic acids is 2. The van der Waals surface area contributed by atoms with Crippen LogP contribution in [-0.2, 0) is 21.5 Å². The number of furan rings is 1. The molecule has 0 bridgehead atoms. The largest absolute Gasteiger partial charge is 0.465 e. The van der Waals surface area contributed by atoms with Gasteiger partial charge in [-0.15, -0.1) is 0 Å². The van der Waals surface area contributed by atoms with Crippen LogP contribution in [0, 0.1) is 6.92 Å². The van der Waals surface area contributed by atoms with Crippen molar-refractivity contribution in [2.45, 2.75) is 31.7 Å². The van der Waals surface area contributed by atoms with Crippen LogP contribution in [0.2, 0.25) is 5.02 Å². The Morgan fingerprint density at radius 3 is 2.64 bits per heavy atom. The van der Waals surface area contributed by atoms with Gasteiger partial charge in [0.15, 0.2) is 0 Å². The highest BCUT2D eigenvalue weighted by molar-refractivity contribution is 6.30. The zero-order valence-electron chi connectivity index (χ0n) is 14.5. The van der Waals surface area contributed by atoms with Crippen LogP contribution < -0.4 is 0 Å². The third-order valence-corrected chi connectivity index (χ3v) is 4.89. The van der Waals surface area contributed by atoms with Gasteiger partial charge in [0, 0.05) is 12.1 Å². The Bertz CT molecular complexity index is 823. The Labute approximate surface area is 151 Å². The molecule has 6 heteroatoms. The molecule has 3 rings (SSSR count). The molecule has 1 aromatic carbocycles. The molecule has 5 nitrogen and oxygen atoms in total. The first-order valence-electron chi connectivity index (χ1n) is 8.06. The standard InChI is InChI=1S/C19H20ClNO4/c1-12-16(17(22)24-3)10-15(25-12)11-21(2)18(23)19(7-8-19)13-5-4-6-14(20)9-13/h4-6,9-10H,7-8,11H2,1-3H3. The van der Waals surface area contributed by atoms with Crippen LogP contribution in [0.3, 0.4) is 0 Å². The maximum atomic E-state index is 13.0. The van der Waals surface area contributed by atoms with E-state index in [0.29, 0.717) is 28.7 Å². The lowest BCUT2D eigenvalue weighted by molar-refractivity contribution is -0.133. The summed E-state index contributed by atoms with van der Waals surface area (Å²) in [6, 6.07) is 9.09. The van der Waals surface area contributed by atoms with Crippen LogP contribution in [0.15, 0.2) is 34.7 Å². The van der Waals surface area contributed by atoms with Crippen molar-refractivity contribution >= 4 is 23.5 Å². The van der Waals surface area contributed by atoms with Gasteiger partial charge in [0.25, 0.3) is 0 Å². The monoisotopic (exact) mass is 361 g/mol. The molecule has 0 atom stereocenters. The summed E-state index contributed by atoms with van der Waals surface area (Å²) in [4.78, 5) is 26.3. The van der Waals surface area contributed by atoms with E-state index in [1.165, 1.54) is 7.11 Å². The maximum Gasteiger partial charge on any atom is 0.341 e. The predicted octanol–water partition coefficient (Wildman–Crippen LogP) is 3.72. The number of methoxy groups -OCH3 is 1. The molecule has 1 aliphatic rings. The first-order chi connectivity index (χ1) is 11.9. The van der Waals surface area contributed by atoms with E-state index >= 15 is 0 Å². The summed E-state index contributed by atoms with van der Waals surface area (Å²) in [5.41, 5.74) is 0.837. The molecule has 1 heterocycles. The van der Waals surface area contributed by atoms with Crippen LogP contribution in [0.4, 0.5) is 0 Å². The Balaban J connectivity index is 1.76. The summed E-state index contributed by atoms with van der Waals surface area (Å²) in [7, 11) is 3.06. The summed E-state index contributed by atoms with van der Waals surface area (Å²) in [5, 5.41) is 0.628. The van der Waals surface area contributed by atoms with E-state index in [4.69, 9.17) is 20.8 Å². The van der Waals surface area contributed by atoms with Crippen molar-refractivity contribution in [1.82, 2.24) is 4.90 Å². The van der Waals surface area contributed by atoms with E-state index in [1.54, 1.807) is 31.0 Å². The third kappa shape index (κ3) is 3.29. The van der Waals surface area contributed by atoms with Crippen molar-refractivity contribution in [3.63, 3.8) is 0 Å². The van der Waals surface area contributed by atoms with Crippen LogP contribution in [0.25, 0.3) is 0 Å². The zero-order valence-corrected chi connectivity index (χ0v) is 15.2. The summed E-state index contributed by atoms with van der Waals surface area (Å²) in [6.45, 7) is 1.99. The number of benzene rings is 1. The number of esters is 1. The number of amides is 1. The fourth-order valence-electron chi connectivity index (χ4n) is 3.14. The molecule has 0 unspecified atom stereocenters. The smallest absolute Gasteiger partial charge is 0.341 e. The number of nitrogens with zero attached hydrogens (tertiary/aromatic N) is 1. The van der Waals surface area contributed by atoms with E-state index in [2.05, 4.69) is 0 Å². The first-order valence-corrected chi connectivity index (χ1v) is 8.44. The second kappa shape index (κ2) is 6.56. The lowest BCUT2D eigenvalue weighted by Gasteiger charge is -2.23. The van der Waals surface area contributed by atoms with Crippen LogP contribution >= 0.6 is 11.6 Å². The van der Waals surface area contributed by atoms with Crippen molar-refractivity contribution in [2.24, 2.45) is 0 Å². The normalized spacial score (nSPS) is 14.9. The average molecular weight is 362 g/mol. The number of likely N-dealkylation sites (N-methyl/N-ethyl adjacent to an activating group) is 1. The Hall–Kier alpha value is -2.27. The van der Waals surface area contributed by atoms with E-state index in [-0.39, 0.29) is 5.91 Å². The van der Waals surface area contributed by atoms with E-state index in [9.17, 15) is 9.59 Å². The number of ether oxygens (including phenoxy) is 1. The number of hydrogen-bond donors (Lipinski definition) is 0. The lowest BCUT2D eigenvalue weighted by atomic mass is 9.94. The van der Waals surface area contributed by atoms with Gasteiger partial charge >= 0.3 is 5.97 Å². The number of halogens is 1. The van der Waals surface area contributed by atoms with Crippen molar-refractivity contribution in [3.8, 4) is 0 Å². The topological polar surface area (TPSA) is 59.8 Å². The van der Waals surface area contributed by atoms with Crippen molar-refractivity contribution < 1.29 is 18.7 Å². The molecular formula is C19H20ClNO4. The molecule has 0 aliphatic heterocycles. The molecule has 0 N–H and O–H groups in total. The summed E-state index contributed by atoms with van der Waals surface area (Å²) in [5.74, 6) is 0.622. The number of rotatable bonds is 5. The second-order valence-electron chi connectivity index (χ2n) is 6.43. The van der Waals surface area contributed by atoms with Gasteiger partial charge in [-0.3, -0.25) is 4.79 Å². The minimum atomic E-state index is -0.494. The molecular weight excluding hydrogens is 342 g/mol. The molecule has 1 saturated carbocycles. The molecule has 0 spiro atoms. The highest BCUT2D eigenvalue weighted by atomic mass is 35.5. The zero-order chi connectivity index (χ0) is 18.2. The van der Waals surface area contributed by atoms with Crippen LogP contribution in [0.5, 0.6) is 0 Å². The summed E-state index contributed by atoms with van der Waals surface area (Å²) in [6.07, 6.45) is 1.61. The van der Waals surface area contributed by atoms with Crippen LogP contribution in [-0.4, -0.2) is 30.9 Å². The fraction of sp³-hybridized carbons (Fsp3) is 0.368. The Kier molecular flexibility index (Phi) is 4.60. The van der Waals surface area contributed by atoms with Gasteiger partial charge in [0.1, 0.15) is 17.1 Å². The molecule has 0 saturated heterocycles. The molecule has 25 heavy (non-hydrogen) atoms. The third-order valence-electron chi connectivity index (χ3n) is 4.65. The fourth-order valence-corrected chi connectivity index (χ4v) is 3.33. The molecule has 1 amide bonds. The lowest BCUT2D eigenvalue weighted by Crippen LogP contribution is -2.36.